The van der Waals surface area contributed by atoms with Crippen molar-refractivity contribution in [1.29, 1.82) is 0 Å². The zero-order valence-electron chi connectivity index (χ0n) is 22.8. The number of carbonyl (C=O) groups excluding carboxylic acids is 1. The van der Waals surface area contributed by atoms with Crippen LogP contribution in [0.1, 0.15) is 70.3 Å². The highest BCUT2D eigenvalue weighted by molar-refractivity contribution is 6.02. The van der Waals surface area contributed by atoms with Crippen molar-refractivity contribution in [2.75, 3.05) is 10.6 Å². The molecule has 36 heavy (non-hydrogen) atoms. The molecule has 1 amide bonds. The van der Waals surface area contributed by atoms with Crippen LogP contribution in [-0.4, -0.2) is 15.5 Å². The van der Waals surface area contributed by atoms with Gasteiger partial charge in [-0.2, -0.15) is 0 Å². The summed E-state index contributed by atoms with van der Waals surface area (Å²) in [5, 5.41) is 6.76. The Hall–Kier alpha value is -3.87. The van der Waals surface area contributed by atoms with E-state index >= 15 is 0 Å². The highest BCUT2D eigenvalue weighted by Crippen LogP contribution is 2.27. The van der Waals surface area contributed by atoms with Crippen molar-refractivity contribution in [3.8, 4) is 0 Å². The van der Waals surface area contributed by atoms with Crippen molar-refractivity contribution in [2.45, 2.75) is 60.8 Å². The quantitative estimate of drug-likeness (QED) is 0.316. The average molecular weight is 491 g/mol. The fourth-order valence-electron chi connectivity index (χ4n) is 3.33. The SMILES string of the molecule is CC.CC.Cc1ccc(NC(=O)c2ccc(C(C)(C)C)o2)cc1Nc1ccc2ncn(C)c(=O)c2c1. The van der Waals surface area contributed by atoms with E-state index in [0.717, 1.165) is 22.7 Å². The summed E-state index contributed by atoms with van der Waals surface area (Å²) in [5.74, 6) is 0.712. The van der Waals surface area contributed by atoms with Gasteiger partial charge in [-0.05, 0) is 55.0 Å². The number of furan rings is 1. The van der Waals surface area contributed by atoms with Gasteiger partial charge in [-0.1, -0.05) is 54.5 Å². The van der Waals surface area contributed by atoms with Crippen molar-refractivity contribution in [2.24, 2.45) is 7.05 Å². The number of aryl methyl sites for hydroxylation is 2. The summed E-state index contributed by atoms with van der Waals surface area (Å²) in [5.41, 5.74) is 3.57. The fraction of sp³-hybridized carbons (Fsp3) is 0.345. The lowest BCUT2D eigenvalue weighted by Crippen LogP contribution is -2.16. The van der Waals surface area contributed by atoms with Gasteiger partial charge in [-0.25, -0.2) is 4.98 Å². The van der Waals surface area contributed by atoms with Crippen LogP contribution >= 0.6 is 0 Å². The summed E-state index contributed by atoms with van der Waals surface area (Å²) in [6.07, 6.45) is 1.51. The van der Waals surface area contributed by atoms with E-state index in [1.165, 1.54) is 10.9 Å². The molecular weight excluding hydrogens is 452 g/mol. The van der Waals surface area contributed by atoms with Crippen LogP contribution < -0.4 is 16.2 Å². The number of anilines is 3. The minimum absolute atomic E-state index is 0.107. The number of benzene rings is 2. The van der Waals surface area contributed by atoms with Crippen LogP contribution in [0.5, 0.6) is 0 Å². The number of aromatic nitrogens is 2. The third-order valence-electron chi connectivity index (χ3n) is 5.26. The second kappa shape index (κ2) is 12.2. The van der Waals surface area contributed by atoms with Gasteiger partial charge >= 0.3 is 0 Å². The summed E-state index contributed by atoms with van der Waals surface area (Å²) >= 11 is 0. The first-order valence-corrected chi connectivity index (χ1v) is 12.4. The Morgan fingerprint density at radius 1 is 0.944 bits per heavy atom. The summed E-state index contributed by atoms with van der Waals surface area (Å²) in [6.45, 7) is 16.1. The number of rotatable bonds is 4. The molecule has 0 saturated carbocycles. The molecule has 0 atom stereocenters. The fourth-order valence-corrected chi connectivity index (χ4v) is 3.33. The molecule has 2 heterocycles. The van der Waals surface area contributed by atoms with Crippen LogP contribution in [0, 0.1) is 6.92 Å². The monoisotopic (exact) mass is 490 g/mol. The number of hydrogen-bond acceptors (Lipinski definition) is 5. The standard InChI is InChI=1S/C25H26N4O3.2C2H6/c1-15-6-7-17(28-23(30)21-10-11-22(32-21)25(2,3)4)13-20(15)27-16-8-9-19-18(12-16)24(31)29(5)14-26-19;2*1-2/h6-14,27H,1-5H3,(H,28,30);2*1-2H3. The van der Waals surface area contributed by atoms with E-state index in [2.05, 4.69) is 15.6 Å². The molecule has 2 N–H and O–H groups in total. The van der Waals surface area contributed by atoms with Gasteiger partial charge in [0, 0.05) is 29.5 Å². The molecule has 2 aromatic carbocycles. The van der Waals surface area contributed by atoms with Crippen molar-refractivity contribution >= 4 is 33.9 Å². The van der Waals surface area contributed by atoms with E-state index < -0.39 is 0 Å². The van der Waals surface area contributed by atoms with E-state index in [1.54, 1.807) is 19.2 Å². The Morgan fingerprint density at radius 3 is 2.25 bits per heavy atom. The van der Waals surface area contributed by atoms with Crippen LogP contribution in [0.15, 0.2) is 64.1 Å². The van der Waals surface area contributed by atoms with Gasteiger partial charge in [0.2, 0.25) is 0 Å². The van der Waals surface area contributed by atoms with Crippen molar-refractivity contribution in [3.63, 3.8) is 0 Å². The molecule has 0 aliphatic rings. The number of nitrogens with zero attached hydrogens (tertiary/aromatic N) is 2. The van der Waals surface area contributed by atoms with Crippen molar-refractivity contribution in [1.82, 2.24) is 9.55 Å². The second-order valence-electron chi connectivity index (χ2n) is 8.92. The molecule has 2 aromatic heterocycles. The van der Waals surface area contributed by atoms with Crippen LogP contribution in [0.25, 0.3) is 10.9 Å². The van der Waals surface area contributed by atoms with Crippen molar-refractivity contribution in [3.05, 3.63) is 82.3 Å². The maximum absolute atomic E-state index is 12.7. The first-order chi connectivity index (χ1) is 17.1. The van der Waals surface area contributed by atoms with Gasteiger partial charge < -0.3 is 19.6 Å². The molecule has 0 bridgehead atoms. The maximum atomic E-state index is 12.7. The molecule has 7 nitrogen and oxygen atoms in total. The molecule has 0 saturated heterocycles. The van der Waals surface area contributed by atoms with Crippen molar-refractivity contribution < 1.29 is 9.21 Å². The van der Waals surface area contributed by atoms with E-state index in [4.69, 9.17) is 4.42 Å². The predicted octanol–water partition coefficient (Wildman–Crippen LogP) is 7.18. The Kier molecular flexibility index (Phi) is 9.61. The first-order valence-electron chi connectivity index (χ1n) is 12.4. The van der Waals surface area contributed by atoms with Gasteiger partial charge in [-0.15, -0.1) is 0 Å². The summed E-state index contributed by atoms with van der Waals surface area (Å²) in [7, 11) is 1.68. The van der Waals surface area contributed by atoms with Crippen LogP contribution in [0.2, 0.25) is 0 Å². The predicted molar refractivity (Wildman–Crippen MR) is 150 cm³/mol. The van der Waals surface area contributed by atoms with Crippen LogP contribution in [-0.2, 0) is 12.5 Å². The largest absolute Gasteiger partial charge is 0.455 e. The second-order valence-corrected chi connectivity index (χ2v) is 8.92. The van der Waals surface area contributed by atoms with E-state index in [-0.39, 0.29) is 22.6 Å². The number of carbonyl (C=O) groups is 1. The van der Waals surface area contributed by atoms with Crippen LogP contribution in [0.3, 0.4) is 0 Å². The lowest BCUT2D eigenvalue weighted by atomic mass is 9.94. The lowest BCUT2D eigenvalue weighted by molar-refractivity contribution is 0.0993. The highest BCUT2D eigenvalue weighted by atomic mass is 16.4. The highest BCUT2D eigenvalue weighted by Gasteiger charge is 2.20. The molecular formula is C29H38N4O3. The molecule has 0 spiro atoms. The molecule has 4 aromatic rings. The third kappa shape index (κ3) is 6.62. The third-order valence-corrected chi connectivity index (χ3v) is 5.26. The van der Waals surface area contributed by atoms with E-state index in [0.29, 0.717) is 16.6 Å². The Labute approximate surface area is 213 Å². The average Bonchev–Trinajstić information content (AvgIpc) is 3.38. The Morgan fingerprint density at radius 2 is 1.61 bits per heavy atom. The molecule has 0 aliphatic carbocycles. The molecule has 0 radical (unpaired) electrons. The Bertz CT molecular complexity index is 1380. The topological polar surface area (TPSA) is 89.2 Å². The molecule has 0 aliphatic heterocycles. The molecule has 0 fully saturated rings. The summed E-state index contributed by atoms with van der Waals surface area (Å²) < 4.78 is 7.18. The zero-order valence-corrected chi connectivity index (χ0v) is 22.8. The van der Waals surface area contributed by atoms with Gasteiger partial charge in [-0.3, -0.25) is 9.59 Å². The molecule has 192 valence electrons. The summed E-state index contributed by atoms with van der Waals surface area (Å²) in [6, 6.07) is 14.6. The minimum atomic E-state index is -0.310. The lowest BCUT2D eigenvalue weighted by Gasteiger charge is -2.14. The number of amides is 1. The number of fused-ring (bicyclic) bond motifs is 1. The van der Waals surface area contributed by atoms with Gasteiger partial charge in [0.05, 0.1) is 17.2 Å². The van der Waals surface area contributed by atoms with Gasteiger partial charge in [0.1, 0.15) is 5.76 Å². The molecule has 4 rings (SSSR count). The zero-order chi connectivity index (χ0) is 27.0. The molecule has 0 unspecified atom stereocenters. The number of hydrogen-bond donors (Lipinski definition) is 2. The normalized spacial score (nSPS) is 10.6. The number of nitrogens with one attached hydrogen (secondary N) is 2. The van der Waals surface area contributed by atoms with Crippen LogP contribution in [0.4, 0.5) is 17.1 Å². The first kappa shape index (κ1) is 28.4. The van der Waals surface area contributed by atoms with E-state index in [1.807, 2.05) is 91.8 Å². The smallest absolute Gasteiger partial charge is 0.291 e. The minimum Gasteiger partial charge on any atom is -0.455 e. The van der Waals surface area contributed by atoms with Gasteiger partial charge in [0.15, 0.2) is 5.76 Å². The summed E-state index contributed by atoms with van der Waals surface area (Å²) in [4.78, 5) is 29.3. The van der Waals surface area contributed by atoms with E-state index in [9.17, 15) is 9.59 Å². The Balaban J connectivity index is 0.00000109. The van der Waals surface area contributed by atoms with Gasteiger partial charge in [0.25, 0.3) is 11.5 Å². The molecule has 7 heteroatoms. The maximum Gasteiger partial charge on any atom is 0.291 e.